The Labute approximate surface area is 214 Å². The van der Waals surface area contributed by atoms with E-state index in [0.29, 0.717) is 24.7 Å². The van der Waals surface area contributed by atoms with E-state index in [1.54, 1.807) is 6.07 Å². The molecule has 0 saturated carbocycles. The zero-order valence-electron chi connectivity index (χ0n) is 22.4. The van der Waals surface area contributed by atoms with Gasteiger partial charge < -0.3 is 20.1 Å². The van der Waals surface area contributed by atoms with Crippen LogP contribution >= 0.6 is 0 Å². The van der Waals surface area contributed by atoms with Crippen LogP contribution in [0.1, 0.15) is 75.9 Å². The van der Waals surface area contributed by atoms with E-state index >= 15 is 0 Å². The number of anilines is 1. The van der Waals surface area contributed by atoms with E-state index in [2.05, 4.69) is 50.5 Å². The summed E-state index contributed by atoms with van der Waals surface area (Å²) >= 11 is 0. The number of benzene rings is 2. The molecule has 192 valence electrons. The Balaban J connectivity index is 1.86. The summed E-state index contributed by atoms with van der Waals surface area (Å²) in [7, 11) is 0. The van der Waals surface area contributed by atoms with Gasteiger partial charge in [0.15, 0.2) is 5.82 Å². The van der Waals surface area contributed by atoms with Crippen LogP contribution < -0.4 is 5.73 Å². The van der Waals surface area contributed by atoms with Gasteiger partial charge in [-0.2, -0.15) is 0 Å². The lowest BCUT2D eigenvalue weighted by atomic mass is 9.84. The van der Waals surface area contributed by atoms with Crippen LogP contribution in [-0.4, -0.2) is 32.9 Å². The van der Waals surface area contributed by atoms with Gasteiger partial charge >= 0.3 is 0 Å². The summed E-state index contributed by atoms with van der Waals surface area (Å²) in [5, 5.41) is 11.1. The topological polar surface area (TPSA) is 86.2 Å². The minimum absolute atomic E-state index is 0.139. The third-order valence-electron chi connectivity index (χ3n) is 7.02. The van der Waals surface area contributed by atoms with E-state index in [1.807, 2.05) is 19.1 Å². The highest BCUT2D eigenvalue weighted by atomic mass is 16.5. The highest BCUT2D eigenvalue weighted by molar-refractivity contribution is 6.07. The molecule has 2 heterocycles. The van der Waals surface area contributed by atoms with Crippen LogP contribution in [0.3, 0.4) is 0 Å². The van der Waals surface area contributed by atoms with Crippen LogP contribution in [0.2, 0.25) is 0 Å². The molecule has 6 nitrogen and oxygen atoms in total. The van der Waals surface area contributed by atoms with Gasteiger partial charge in [-0.25, -0.2) is 9.97 Å². The van der Waals surface area contributed by atoms with E-state index in [1.165, 1.54) is 5.56 Å². The smallest absolute Gasteiger partial charge is 0.152 e. The summed E-state index contributed by atoms with van der Waals surface area (Å²) in [5.41, 5.74) is 12.2. The van der Waals surface area contributed by atoms with Crippen LogP contribution in [0.4, 0.5) is 5.82 Å². The normalized spacial score (nSPS) is 12.1. The monoisotopic (exact) mass is 488 g/mol. The minimum Gasteiger partial charge on any atom is -0.508 e. The molecule has 0 spiro atoms. The van der Waals surface area contributed by atoms with Crippen molar-refractivity contribution in [2.24, 2.45) is 0 Å². The molecule has 2 aromatic heterocycles. The zero-order chi connectivity index (χ0) is 25.9. The van der Waals surface area contributed by atoms with Gasteiger partial charge in [0.1, 0.15) is 17.1 Å². The zero-order valence-corrected chi connectivity index (χ0v) is 22.4. The first-order chi connectivity index (χ1) is 17.2. The molecule has 6 heteroatoms. The lowest BCUT2D eigenvalue weighted by molar-refractivity contribution is 0.0925. The summed E-state index contributed by atoms with van der Waals surface area (Å²) in [6.45, 7) is 12.9. The first-order valence-corrected chi connectivity index (χ1v) is 13.2. The standard InChI is InChI=1S/C30H40N4O2/c1-6-8-10-26-33-27-28(34(26)18-21-11-14-25(35)20(3)16-21)23-17-22(12-13-24(23)32-29(27)31)30(4,5)19-36-15-9-7-2/h11-14,16-17,35H,6-10,15,18-19H2,1-5H3,(H2,31,32). The molecule has 4 aromatic rings. The third-order valence-corrected chi connectivity index (χ3v) is 7.02. The molecule has 0 fully saturated rings. The Morgan fingerprint density at radius 3 is 2.53 bits per heavy atom. The van der Waals surface area contributed by atoms with Crippen LogP contribution in [0.15, 0.2) is 36.4 Å². The molecule has 0 radical (unpaired) electrons. The number of nitrogen functional groups attached to an aromatic ring is 1. The first kappa shape index (κ1) is 26.0. The second-order valence-corrected chi connectivity index (χ2v) is 10.6. The number of phenols is 1. The van der Waals surface area contributed by atoms with Gasteiger partial charge in [-0.05, 0) is 54.7 Å². The quantitative estimate of drug-likeness (QED) is 0.230. The molecule has 0 aliphatic heterocycles. The number of ether oxygens (including phenoxy) is 1. The van der Waals surface area contributed by atoms with Gasteiger partial charge in [-0.15, -0.1) is 0 Å². The Morgan fingerprint density at radius 2 is 1.81 bits per heavy atom. The minimum atomic E-state index is -0.139. The fourth-order valence-electron chi connectivity index (χ4n) is 4.73. The third kappa shape index (κ3) is 5.34. The maximum atomic E-state index is 10.0. The second kappa shape index (κ2) is 10.9. The Morgan fingerprint density at radius 1 is 1.03 bits per heavy atom. The molecule has 3 N–H and O–H groups in total. The molecule has 0 atom stereocenters. The number of phenolic OH excluding ortho intramolecular Hbond substituents is 1. The second-order valence-electron chi connectivity index (χ2n) is 10.6. The van der Waals surface area contributed by atoms with Crippen molar-refractivity contribution in [1.82, 2.24) is 14.5 Å². The van der Waals surface area contributed by atoms with Crippen LogP contribution in [0.25, 0.3) is 21.9 Å². The first-order valence-electron chi connectivity index (χ1n) is 13.2. The Hall–Kier alpha value is -3.12. The molecule has 0 amide bonds. The van der Waals surface area contributed by atoms with E-state index in [4.69, 9.17) is 20.4 Å². The summed E-state index contributed by atoms with van der Waals surface area (Å²) < 4.78 is 8.31. The molecular weight excluding hydrogens is 448 g/mol. The van der Waals surface area contributed by atoms with Gasteiger partial charge in [0.25, 0.3) is 0 Å². The maximum Gasteiger partial charge on any atom is 0.152 e. The number of nitrogens with two attached hydrogens (primary N) is 1. The fraction of sp³-hybridized carbons (Fsp3) is 0.467. The number of aromatic nitrogens is 3. The van der Waals surface area contributed by atoms with Crippen molar-refractivity contribution < 1.29 is 9.84 Å². The summed E-state index contributed by atoms with van der Waals surface area (Å²) in [5.74, 6) is 1.80. The van der Waals surface area contributed by atoms with Crippen molar-refractivity contribution in [3.05, 3.63) is 58.9 Å². The predicted octanol–water partition coefficient (Wildman–Crippen LogP) is 6.67. The van der Waals surface area contributed by atoms with Crippen molar-refractivity contribution >= 4 is 27.8 Å². The lowest BCUT2D eigenvalue weighted by Crippen LogP contribution is -2.24. The van der Waals surface area contributed by atoms with Gasteiger partial charge in [-0.3, -0.25) is 0 Å². The largest absolute Gasteiger partial charge is 0.508 e. The van der Waals surface area contributed by atoms with E-state index in [-0.39, 0.29) is 5.41 Å². The van der Waals surface area contributed by atoms with Crippen LogP contribution in [0, 0.1) is 6.92 Å². The lowest BCUT2D eigenvalue weighted by Gasteiger charge is -2.25. The number of fused-ring (bicyclic) bond motifs is 3. The number of rotatable bonds is 11. The van der Waals surface area contributed by atoms with E-state index in [0.717, 1.165) is 77.6 Å². The maximum absolute atomic E-state index is 10.0. The highest BCUT2D eigenvalue weighted by Crippen LogP contribution is 2.34. The summed E-state index contributed by atoms with van der Waals surface area (Å²) in [6, 6.07) is 12.3. The average Bonchev–Trinajstić information content (AvgIpc) is 3.21. The predicted molar refractivity (Wildman–Crippen MR) is 149 cm³/mol. The number of imidazole rings is 1. The average molecular weight is 489 g/mol. The molecule has 0 aliphatic rings. The summed E-state index contributed by atoms with van der Waals surface area (Å²) in [4.78, 5) is 9.72. The number of pyridine rings is 1. The number of unbranched alkanes of at least 4 members (excludes halogenated alkanes) is 2. The Kier molecular flexibility index (Phi) is 7.84. The number of hydrogen-bond acceptors (Lipinski definition) is 5. The number of nitrogens with zero attached hydrogens (tertiary/aromatic N) is 3. The van der Waals surface area contributed by atoms with Gasteiger partial charge in [0.2, 0.25) is 0 Å². The molecule has 0 unspecified atom stereocenters. The molecule has 2 aromatic carbocycles. The molecule has 4 rings (SSSR count). The van der Waals surface area contributed by atoms with Crippen molar-refractivity contribution in [2.45, 2.75) is 78.7 Å². The van der Waals surface area contributed by atoms with Crippen molar-refractivity contribution in [2.75, 3.05) is 18.9 Å². The molecule has 0 aliphatic carbocycles. The fourth-order valence-corrected chi connectivity index (χ4v) is 4.73. The number of aryl methyl sites for hydroxylation is 2. The molecule has 0 saturated heterocycles. The van der Waals surface area contributed by atoms with Gasteiger partial charge in [-0.1, -0.05) is 58.7 Å². The van der Waals surface area contributed by atoms with Crippen molar-refractivity contribution in [3.63, 3.8) is 0 Å². The van der Waals surface area contributed by atoms with Crippen LogP contribution in [0.5, 0.6) is 5.75 Å². The molecule has 0 bridgehead atoms. The Bertz CT molecular complexity index is 1360. The van der Waals surface area contributed by atoms with Gasteiger partial charge in [0.05, 0.1) is 17.6 Å². The van der Waals surface area contributed by atoms with E-state index < -0.39 is 0 Å². The van der Waals surface area contributed by atoms with Crippen LogP contribution in [-0.2, 0) is 23.1 Å². The van der Waals surface area contributed by atoms with Gasteiger partial charge in [0, 0.05) is 30.4 Å². The van der Waals surface area contributed by atoms with Crippen molar-refractivity contribution in [3.8, 4) is 5.75 Å². The summed E-state index contributed by atoms with van der Waals surface area (Å²) in [6.07, 6.45) is 5.23. The number of aromatic hydroxyl groups is 1. The molecule has 36 heavy (non-hydrogen) atoms. The van der Waals surface area contributed by atoms with Crippen molar-refractivity contribution in [1.29, 1.82) is 0 Å². The molecular formula is C30H40N4O2. The SMILES string of the molecule is CCCCOCC(C)(C)c1ccc2nc(N)c3nc(CCCC)n(Cc4ccc(O)c(C)c4)c3c2c1. The van der Waals surface area contributed by atoms with E-state index in [9.17, 15) is 5.11 Å². The number of hydrogen-bond donors (Lipinski definition) is 2. The highest BCUT2D eigenvalue weighted by Gasteiger charge is 2.24.